The van der Waals surface area contributed by atoms with E-state index in [1.807, 2.05) is 6.92 Å². The molecule has 1 aromatic rings. The third kappa shape index (κ3) is 3.84. The highest BCUT2D eigenvalue weighted by molar-refractivity contribution is 5.77. The molecule has 0 bridgehead atoms. The third-order valence-electron chi connectivity index (χ3n) is 4.39. The lowest BCUT2D eigenvalue weighted by Gasteiger charge is -2.37. The summed E-state index contributed by atoms with van der Waals surface area (Å²) in [7, 11) is 1.53. The fraction of sp³-hybridized carbons (Fsp3) is 0.800. The number of carbonyl (C=O) groups excluding carboxylic acids is 1. The summed E-state index contributed by atoms with van der Waals surface area (Å²) < 4.78 is 10.3. The van der Waals surface area contributed by atoms with Gasteiger partial charge < -0.3 is 19.5 Å². The normalized spacial score (nSPS) is 26.1. The summed E-state index contributed by atoms with van der Waals surface area (Å²) in [6.45, 7) is 4.87. The summed E-state index contributed by atoms with van der Waals surface area (Å²) >= 11 is 0. The molecule has 1 saturated heterocycles. The van der Waals surface area contributed by atoms with E-state index in [-0.39, 0.29) is 24.5 Å². The fourth-order valence-electron chi connectivity index (χ4n) is 3.14. The first-order chi connectivity index (χ1) is 10.7. The molecule has 2 atom stereocenters. The minimum absolute atomic E-state index is 0.00463. The van der Waals surface area contributed by atoms with Gasteiger partial charge in [-0.15, -0.1) is 0 Å². The molecule has 1 N–H and O–H groups in total. The van der Waals surface area contributed by atoms with Crippen molar-refractivity contribution in [1.29, 1.82) is 0 Å². The van der Waals surface area contributed by atoms with Gasteiger partial charge in [0.05, 0.1) is 12.0 Å². The fourth-order valence-corrected chi connectivity index (χ4v) is 3.14. The second-order valence-corrected chi connectivity index (χ2v) is 6.38. The Morgan fingerprint density at radius 2 is 2.27 bits per heavy atom. The van der Waals surface area contributed by atoms with Crippen LogP contribution in [0.25, 0.3) is 0 Å². The number of rotatable bonds is 6. The SMILES string of the molecule is COCC(=O)N[C@@H]1CN(CC2CC2)CC[C@@H]1c1nc(C)no1. The number of ether oxygens (including phenoxy) is 1. The Balaban J connectivity index is 1.67. The van der Waals surface area contributed by atoms with Crippen molar-refractivity contribution in [3.8, 4) is 0 Å². The lowest BCUT2D eigenvalue weighted by Crippen LogP contribution is -2.52. The summed E-state index contributed by atoms with van der Waals surface area (Å²) in [5, 5.41) is 6.95. The van der Waals surface area contributed by atoms with Crippen LogP contribution in [-0.4, -0.2) is 60.3 Å². The minimum Gasteiger partial charge on any atom is -0.375 e. The first kappa shape index (κ1) is 15.4. The molecule has 0 unspecified atom stereocenters. The maximum Gasteiger partial charge on any atom is 0.246 e. The molecule has 1 aromatic heterocycles. The van der Waals surface area contributed by atoms with Crippen LogP contribution in [0.1, 0.15) is 36.9 Å². The number of nitrogens with one attached hydrogen (secondary N) is 1. The average Bonchev–Trinajstić information content (AvgIpc) is 3.18. The Labute approximate surface area is 130 Å². The van der Waals surface area contributed by atoms with Crippen molar-refractivity contribution in [2.75, 3.05) is 33.4 Å². The first-order valence-electron chi connectivity index (χ1n) is 7.96. The van der Waals surface area contributed by atoms with Crippen molar-refractivity contribution in [2.45, 2.75) is 38.1 Å². The number of hydrogen-bond acceptors (Lipinski definition) is 6. The molecule has 122 valence electrons. The molecule has 2 fully saturated rings. The number of likely N-dealkylation sites (tertiary alicyclic amines) is 1. The monoisotopic (exact) mass is 308 g/mol. The van der Waals surface area contributed by atoms with Gasteiger partial charge in [-0.3, -0.25) is 4.79 Å². The number of amides is 1. The standard InChI is InChI=1S/C15H24N4O3/c1-10-16-15(22-18-10)12-5-6-19(7-11-3-4-11)8-13(12)17-14(20)9-21-2/h11-13H,3-9H2,1-2H3,(H,17,20)/t12-,13+/m0/s1. The summed E-state index contributed by atoms with van der Waals surface area (Å²) in [5.41, 5.74) is 0. The zero-order valence-corrected chi connectivity index (χ0v) is 13.2. The van der Waals surface area contributed by atoms with Crippen LogP contribution < -0.4 is 5.32 Å². The van der Waals surface area contributed by atoms with E-state index in [2.05, 4.69) is 20.4 Å². The molecular weight excluding hydrogens is 284 g/mol. The third-order valence-corrected chi connectivity index (χ3v) is 4.39. The molecule has 1 aliphatic heterocycles. The van der Waals surface area contributed by atoms with E-state index < -0.39 is 0 Å². The molecule has 0 aromatic carbocycles. The first-order valence-corrected chi connectivity index (χ1v) is 7.96. The van der Waals surface area contributed by atoms with Crippen LogP contribution in [0.4, 0.5) is 0 Å². The van der Waals surface area contributed by atoms with Gasteiger partial charge in [0.1, 0.15) is 6.61 Å². The molecule has 1 amide bonds. The van der Waals surface area contributed by atoms with Gasteiger partial charge in [0.25, 0.3) is 0 Å². The minimum atomic E-state index is -0.0954. The number of aromatic nitrogens is 2. The summed E-state index contributed by atoms with van der Waals surface area (Å²) in [6.07, 6.45) is 3.60. The van der Waals surface area contributed by atoms with E-state index in [9.17, 15) is 4.79 Å². The molecule has 0 radical (unpaired) electrons. The average molecular weight is 308 g/mol. The van der Waals surface area contributed by atoms with Crippen LogP contribution in [0, 0.1) is 12.8 Å². The number of aryl methyl sites for hydroxylation is 1. The molecule has 7 nitrogen and oxygen atoms in total. The van der Waals surface area contributed by atoms with Gasteiger partial charge in [0.15, 0.2) is 5.82 Å². The van der Waals surface area contributed by atoms with Crippen LogP contribution >= 0.6 is 0 Å². The van der Waals surface area contributed by atoms with E-state index in [1.54, 1.807) is 0 Å². The Morgan fingerprint density at radius 1 is 1.45 bits per heavy atom. The predicted molar refractivity (Wildman–Crippen MR) is 79.4 cm³/mol. The van der Waals surface area contributed by atoms with Crippen LogP contribution in [0.3, 0.4) is 0 Å². The Hall–Kier alpha value is -1.47. The van der Waals surface area contributed by atoms with Gasteiger partial charge in [-0.1, -0.05) is 5.16 Å². The van der Waals surface area contributed by atoms with E-state index in [4.69, 9.17) is 9.26 Å². The van der Waals surface area contributed by atoms with Gasteiger partial charge in [0.2, 0.25) is 11.8 Å². The van der Waals surface area contributed by atoms with Crippen LogP contribution in [0.15, 0.2) is 4.52 Å². The number of nitrogens with zero attached hydrogens (tertiary/aromatic N) is 3. The van der Waals surface area contributed by atoms with Gasteiger partial charge in [-0.05, 0) is 38.6 Å². The second kappa shape index (κ2) is 6.75. The summed E-state index contributed by atoms with van der Waals surface area (Å²) in [4.78, 5) is 18.7. The van der Waals surface area contributed by atoms with Crippen molar-refractivity contribution >= 4 is 5.91 Å². The molecular formula is C15H24N4O3. The molecule has 3 rings (SSSR count). The maximum absolute atomic E-state index is 11.9. The van der Waals surface area contributed by atoms with Gasteiger partial charge in [0, 0.05) is 20.2 Å². The zero-order valence-electron chi connectivity index (χ0n) is 13.2. The van der Waals surface area contributed by atoms with E-state index in [0.29, 0.717) is 11.7 Å². The quantitative estimate of drug-likeness (QED) is 0.833. The molecule has 2 aliphatic rings. The van der Waals surface area contributed by atoms with Gasteiger partial charge in [-0.25, -0.2) is 0 Å². The van der Waals surface area contributed by atoms with Crippen LogP contribution in [0.2, 0.25) is 0 Å². The van der Waals surface area contributed by atoms with Gasteiger partial charge in [-0.2, -0.15) is 4.98 Å². The van der Waals surface area contributed by atoms with Crippen LogP contribution in [0.5, 0.6) is 0 Å². The van der Waals surface area contributed by atoms with Crippen molar-refractivity contribution < 1.29 is 14.1 Å². The summed E-state index contributed by atoms with van der Waals surface area (Å²) in [6, 6.07) is -0.00463. The number of carbonyl (C=O) groups is 1. The van der Waals surface area contributed by atoms with E-state index in [0.717, 1.165) is 32.0 Å². The Bertz CT molecular complexity index is 515. The number of hydrogen-bond donors (Lipinski definition) is 1. The van der Waals surface area contributed by atoms with Crippen molar-refractivity contribution in [3.05, 3.63) is 11.7 Å². The molecule has 22 heavy (non-hydrogen) atoms. The Morgan fingerprint density at radius 3 is 2.91 bits per heavy atom. The van der Waals surface area contributed by atoms with E-state index in [1.165, 1.54) is 20.0 Å². The van der Waals surface area contributed by atoms with Crippen LogP contribution in [-0.2, 0) is 9.53 Å². The highest BCUT2D eigenvalue weighted by atomic mass is 16.5. The molecule has 0 spiro atoms. The van der Waals surface area contributed by atoms with Crippen molar-refractivity contribution in [3.63, 3.8) is 0 Å². The smallest absolute Gasteiger partial charge is 0.246 e. The lowest BCUT2D eigenvalue weighted by molar-refractivity contribution is -0.126. The molecule has 7 heteroatoms. The Kier molecular flexibility index (Phi) is 4.73. The summed E-state index contributed by atoms with van der Waals surface area (Å²) in [5.74, 6) is 2.10. The predicted octanol–water partition coefficient (Wildman–Crippen LogP) is 0.709. The molecule has 2 heterocycles. The number of methoxy groups -OCH3 is 1. The topological polar surface area (TPSA) is 80.5 Å². The maximum atomic E-state index is 11.9. The second-order valence-electron chi connectivity index (χ2n) is 6.38. The van der Waals surface area contributed by atoms with Crippen molar-refractivity contribution in [2.24, 2.45) is 5.92 Å². The van der Waals surface area contributed by atoms with Gasteiger partial charge >= 0.3 is 0 Å². The van der Waals surface area contributed by atoms with E-state index >= 15 is 0 Å². The highest BCUT2D eigenvalue weighted by Crippen LogP contribution is 2.33. The van der Waals surface area contributed by atoms with Crippen molar-refractivity contribution in [1.82, 2.24) is 20.4 Å². The molecule has 1 saturated carbocycles. The number of piperidine rings is 1. The molecule has 1 aliphatic carbocycles. The zero-order chi connectivity index (χ0) is 15.5. The highest BCUT2D eigenvalue weighted by Gasteiger charge is 2.36. The lowest BCUT2D eigenvalue weighted by atomic mass is 9.91. The largest absolute Gasteiger partial charge is 0.375 e.